The largest absolute Gasteiger partial charge is 2.00 e. The summed E-state index contributed by atoms with van der Waals surface area (Å²) in [7, 11) is 1.37. The van der Waals surface area contributed by atoms with Crippen molar-refractivity contribution in [2.24, 2.45) is 0 Å². The molecule has 0 saturated heterocycles. The summed E-state index contributed by atoms with van der Waals surface area (Å²) in [6.45, 7) is 0. The van der Waals surface area contributed by atoms with Gasteiger partial charge in [-0.3, -0.25) is 4.79 Å². The van der Waals surface area contributed by atoms with Crippen molar-refractivity contribution in [1.82, 2.24) is 0 Å². The van der Waals surface area contributed by atoms with Crippen LogP contribution < -0.4 is 0 Å². The van der Waals surface area contributed by atoms with Crippen LogP contribution in [0.15, 0.2) is 0 Å². The number of hydrogen-bond acceptors (Lipinski definition) is 2. The minimum absolute atomic E-state index is 0. The van der Waals surface area contributed by atoms with Gasteiger partial charge < -0.3 is 4.74 Å². The molecular weight excluding hydrogens is 277 g/mol. The van der Waals surface area contributed by atoms with Crippen molar-refractivity contribution < 1.29 is 29.0 Å². The number of rotatable bonds is 1. The quantitative estimate of drug-likeness (QED) is 0.541. The number of carbonyl (C=O) groups excluding carboxylic acids is 1. The van der Waals surface area contributed by atoms with E-state index in [4.69, 9.17) is 0 Å². The first-order valence-electron chi connectivity index (χ1n) is 4.31. The summed E-state index contributed by atoms with van der Waals surface area (Å²) in [4.78, 5) is 10.7. The summed E-state index contributed by atoms with van der Waals surface area (Å²) in [5.41, 5.74) is 0. The average molecular weight is 289 g/mol. The number of ether oxygens (including phenoxy) is 1. The molecule has 0 N–H and O–H groups in total. The second-order valence-electron chi connectivity index (χ2n) is 2.63. The normalized spacial score (nSPS) is 20.1. The number of methoxy groups -OCH3 is 1. The van der Waals surface area contributed by atoms with E-state index in [0.29, 0.717) is 5.92 Å². The van der Waals surface area contributed by atoms with Crippen LogP contribution in [0.2, 0.25) is 0 Å². The van der Waals surface area contributed by atoms with E-state index in [1.165, 1.54) is 7.11 Å². The van der Waals surface area contributed by atoms with Crippen molar-refractivity contribution in [3.05, 3.63) is 63.7 Å². The molecule has 0 amide bonds. The van der Waals surface area contributed by atoms with Crippen LogP contribution in [-0.2, 0) is 29.0 Å². The van der Waals surface area contributed by atoms with Gasteiger partial charge in [-0.05, 0) is 57.8 Å². The zero-order valence-corrected chi connectivity index (χ0v) is 10.1. The Morgan fingerprint density at radius 1 is 0.933 bits per heavy atom. The maximum absolute atomic E-state index is 10.7. The van der Waals surface area contributed by atoms with Crippen LogP contribution in [0, 0.1) is 63.7 Å². The van der Waals surface area contributed by atoms with Crippen molar-refractivity contribution in [2.45, 2.75) is 0 Å². The maximum atomic E-state index is 10.7. The van der Waals surface area contributed by atoms with E-state index in [0.717, 1.165) is 0 Å². The van der Waals surface area contributed by atoms with E-state index in [-0.39, 0.29) is 25.4 Å². The average Bonchev–Trinajstić information content (AvgIpc) is 2.91. The van der Waals surface area contributed by atoms with Crippen molar-refractivity contribution in [3.63, 3.8) is 0 Å². The molecule has 0 aromatic carbocycles. The van der Waals surface area contributed by atoms with Crippen molar-refractivity contribution in [3.8, 4) is 0 Å². The second-order valence-corrected chi connectivity index (χ2v) is 2.63. The summed E-state index contributed by atoms with van der Waals surface area (Å²) in [5.74, 6) is 0.331. The van der Waals surface area contributed by atoms with Gasteiger partial charge in [0.2, 0.25) is 0 Å². The summed E-state index contributed by atoms with van der Waals surface area (Å²) in [6.07, 6.45) is 17.0. The Bertz CT molecular complexity index is 153. The van der Waals surface area contributed by atoms with Crippen molar-refractivity contribution >= 4 is 5.97 Å². The summed E-state index contributed by atoms with van der Waals surface area (Å²) >= 11 is 0. The SMILES string of the molecule is COC(=O)[C]1[CH][CH][CH][CH]1.[CH]1[CH][CH][CH][CH]1.[Ru+2]. The molecule has 0 heterocycles. The molecule has 2 rings (SSSR count). The molecule has 15 heavy (non-hydrogen) atoms. The Labute approximate surface area is 106 Å². The minimum atomic E-state index is -0.278. The van der Waals surface area contributed by atoms with Gasteiger partial charge in [0.25, 0.3) is 0 Å². The van der Waals surface area contributed by atoms with Gasteiger partial charge in [0, 0.05) is 0 Å². The van der Waals surface area contributed by atoms with E-state index < -0.39 is 0 Å². The zero-order valence-electron chi connectivity index (χ0n) is 8.37. The van der Waals surface area contributed by atoms with Gasteiger partial charge >= 0.3 is 25.4 Å². The molecule has 2 aliphatic carbocycles. The smallest absolute Gasteiger partial charge is 0.469 e. The Morgan fingerprint density at radius 3 is 1.67 bits per heavy atom. The van der Waals surface area contributed by atoms with Crippen LogP contribution >= 0.6 is 0 Å². The Morgan fingerprint density at radius 2 is 1.33 bits per heavy atom. The van der Waals surface area contributed by atoms with Gasteiger partial charge in [0.1, 0.15) is 0 Å². The maximum Gasteiger partial charge on any atom is 2.00 e. The molecule has 2 saturated carbocycles. The first-order chi connectivity index (χ1) is 6.84. The molecule has 2 aliphatic rings. The Hall–Kier alpha value is 0.0934. The van der Waals surface area contributed by atoms with E-state index in [9.17, 15) is 4.79 Å². The fourth-order valence-corrected chi connectivity index (χ4v) is 0.949. The molecule has 0 unspecified atom stereocenters. The summed E-state index contributed by atoms with van der Waals surface area (Å²) in [6, 6.07) is 0. The molecule has 10 radical (unpaired) electrons. The molecule has 0 bridgehead atoms. The monoisotopic (exact) mass is 290 g/mol. The molecular formula is C12H12O2Ru+2. The fraction of sp³-hybridized carbons (Fsp3) is 0.0833. The van der Waals surface area contributed by atoms with E-state index in [1.54, 1.807) is 25.7 Å². The van der Waals surface area contributed by atoms with Crippen molar-refractivity contribution in [1.29, 1.82) is 0 Å². The van der Waals surface area contributed by atoms with Crippen molar-refractivity contribution in [2.75, 3.05) is 7.11 Å². The number of carbonyl (C=O) groups is 1. The molecule has 78 valence electrons. The third-order valence-corrected chi connectivity index (χ3v) is 1.64. The topological polar surface area (TPSA) is 26.3 Å². The molecule has 2 fully saturated rings. The van der Waals surface area contributed by atoms with Gasteiger partial charge in [0.15, 0.2) is 0 Å². The third-order valence-electron chi connectivity index (χ3n) is 1.64. The van der Waals surface area contributed by atoms with E-state index in [1.807, 2.05) is 32.1 Å². The van der Waals surface area contributed by atoms with Gasteiger partial charge in [-0.1, -0.05) is 0 Å². The van der Waals surface area contributed by atoms with Crippen LogP contribution in [0.4, 0.5) is 0 Å². The molecule has 0 atom stereocenters. The van der Waals surface area contributed by atoms with Crippen LogP contribution in [0.5, 0.6) is 0 Å². The second kappa shape index (κ2) is 9.33. The minimum Gasteiger partial charge on any atom is -0.469 e. The summed E-state index contributed by atoms with van der Waals surface area (Å²) in [5, 5.41) is 0. The zero-order chi connectivity index (χ0) is 10.2. The molecule has 0 spiro atoms. The first kappa shape index (κ1) is 15.1. The summed E-state index contributed by atoms with van der Waals surface area (Å²) < 4.78 is 4.46. The first-order valence-corrected chi connectivity index (χ1v) is 4.31. The van der Waals surface area contributed by atoms with E-state index in [2.05, 4.69) is 4.74 Å². The Kier molecular flexibility index (Phi) is 9.39. The van der Waals surface area contributed by atoms with E-state index >= 15 is 0 Å². The van der Waals surface area contributed by atoms with Gasteiger partial charge in [-0.25, -0.2) is 0 Å². The standard InChI is InChI=1S/C7H7O2.C5H5.Ru/c1-9-7(8)6-4-2-3-5-6;1-2-4-5-3-1;/h2-5H,1H3;1-5H;/q;;+2. The Balaban J connectivity index is 0.000000280. The molecule has 0 aliphatic heterocycles. The van der Waals surface area contributed by atoms with Crippen LogP contribution in [0.1, 0.15) is 0 Å². The number of hydrogen-bond donors (Lipinski definition) is 0. The van der Waals surface area contributed by atoms with Gasteiger partial charge in [-0.2, -0.15) is 0 Å². The number of esters is 1. The molecule has 0 aromatic heterocycles. The van der Waals surface area contributed by atoms with Crippen LogP contribution in [0.25, 0.3) is 0 Å². The predicted molar refractivity (Wildman–Crippen MR) is 54.0 cm³/mol. The van der Waals surface area contributed by atoms with Crippen LogP contribution in [0.3, 0.4) is 0 Å². The molecule has 3 heteroatoms. The predicted octanol–water partition coefficient (Wildman–Crippen LogP) is 1.58. The molecule has 2 nitrogen and oxygen atoms in total. The fourth-order valence-electron chi connectivity index (χ4n) is 0.949. The van der Waals surface area contributed by atoms with Crippen LogP contribution in [-0.4, -0.2) is 13.1 Å². The van der Waals surface area contributed by atoms with Gasteiger partial charge in [-0.15, -0.1) is 0 Å². The third kappa shape index (κ3) is 6.30. The molecule has 0 aromatic rings. The van der Waals surface area contributed by atoms with Gasteiger partial charge in [0.05, 0.1) is 13.0 Å².